The lowest BCUT2D eigenvalue weighted by atomic mass is 10.1. The predicted octanol–water partition coefficient (Wildman–Crippen LogP) is 5.29. The Balaban J connectivity index is 1.88. The third kappa shape index (κ3) is 4.82. The molecule has 27 heavy (non-hydrogen) atoms. The van der Waals surface area contributed by atoms with Gasteiger partial charge in [0.05, 0.1) is 18.2 Å². The van der Waals surface area contributed by atoms with E-state index in [-0.39, 0.29) is 5.95 Å². The quantitative estimate of drug-likeness (QED) is 0.598. The monoisotopic (exact) mass is 392 g/mol. The molecule has 0 aliphatic carbocycles. The highest BCUT2D eigenvalue weighted by Gasteiger charge is 2.32. The first-order chi connectivity index (χ1) is 12.8. The Kier molecular flexibility index (Phi) is 5.41. The molecule has 0 aliphatic heterocycles. The van der Waals surface area contributed by atoms with Gasteiger partial charge in [0.25, 0.3) is 0 Å². The minimum atomic E-state index is -4.52. The van der Waals surface area contributed by atoms with Crippen molar-refractivity contribution in [3.8, 4) is 10.4 Å². The van der Waals surface area contributed by atoms with Crippen LogP contribution in [0.1, 0.15) is 16.3 Å². The fourth-order valence-corrected chi connectivity index (χ4v) is 3.12. The minimum Gasteiger partial charge on any atom is -0.504 e. The van der Waals surface area contributed by atoms with Crippen LogP contribution in [0.15, 0.2) is 42.9 Å². The van der Waals surface area contributed by atoms with Gasteiger partial charge in [0.1, 0.15) is 10.7 Å². The molecule has 0 amide bonds. The number of aromatic nitrogens is 3. The smallest absolute Gasteiger partial charge is 0.433 e. The summed E-state index contributed by atoms with van der Waals surface area (Å²) in [5, 5.41) is 3.62. The Hall–Kier alpha value is -2.94. The Morgan fingerprint density at radius 1 is 1.19 bits per heavy atom. The van der Waals surface area contributed by atoms with Crippen LogP contribution in [-0.4, -0.2) is 22.1 Å². The first-order valence-corrected chi connectivity index (χ1v) is 8.61. The van der Waals surface area contributed by atoms with E-state index in [4.69, 9.17) is 4.74 Å². The molecule has 3 rings (SSSR count). The number of hydrogen-bond acceptors (Lipinski definition) is 6. The number of methoxy groups -OCH3 is 1. The Bertz CT molecular complexity index is 969. The van der Waals surface area contributed by atoms with E-state index < -0.39 is 11.9 Å². The first kappa shape index (κ1) is 18.8. The number of anilines is 2. The summed E-state index contributed by atoms with van der Waals surface area (Å²) in [6.45, 7) is 1.90. The standard InChI is InChI=1S/C18H15F3N4OS/c1-11-7-12(14-10-23-16(27-14)4-6-26-2)9-13(8-11)24-17-22-5-3-15(25-17)18(19,20)21/h3-10H,1-2H3,(H,22,24,25)/b6-4-. The predicted molar refractivity (Wildman–Crippen MR) is 98.6 cm³/mol. The maximum Gasteiger partial charge on any atom is 0.433 e. The van der Waals surface area contributed by atoms with Gasteiger partial charge in [-0.2, -0.15) is 13.2 Å². The van der Waals surface area contributed by atoms with Gasteiger partial charge in [-0.15, -0.1) is 11.3 Å². The Labute approximate surface area is 157 Å². The van der Waals surface area contributed by atoms with Gasteiger partial charge in [0.2, 0.25) is 5.95 Å². The largest absolute Gasteiger partial charge is 0.504 e. The van der Waals surface area contributed by atoms with E-state index in [1.165, 1.54) is 17.6 Å². The van der Waals surface area contributed by atoms with Gasteiger partial charge >= 0.3 is 6.18 Å². The van der Waals surface area contributed by atoms with E-state index in [0.29, 0.717) is 5.69 Å². The second-order valence-corrected chi connectivity index (χ2v) is 6.64. The van der Waals surface area contributed by atoms with Crippen LogP contribution in [0.3, 0.4) is 0 Å². The number of hydrogen-bond donors (Lipinski definition) is 1. The molecule has 1 N–H and O–H groups in total. The lowest BCUT2D eigenvalue weighted by Gasteiger charge is -2.10. The highest BCUT2D eigenvalue weighted by atomic mass is 32.1. The summed E-state index contributed by atoms with van der Waals surface area (Å²) in [6.07, 6.45) is 1.58. The van der Waals surface area contributed by atoms with Crippen molar-refractivity contribution in [2.45, 2.75) is 13.1 Å². The molecule has 0 saturated carbocycles. The van der Waals surface area contributed by atoms with E-state index in [9.17, 15) is 13.2 Å². The number of ether oxygens (including phenoxy) is 1. The van der Waals surface area contributed by atoms with E-state index in [1.807, 2.05) is 19.1 Å². The number of aryl methyl sites for hydroxylation is 1. The van der Waals surface area contributed by atoms with Crippen molar-refractivity contribution < 1.29 is 17.9 Å². The molecule has 9 heteroatoms. The van der Waals surface area contributed by atoms with E-state index >= 15 is 0 Å². The van der Waals surface area contributed by atoms with E-state index in [0.717, 1.165) is 33.3 Å². The topological polar surface area (TPSA) is 59.9 Å². The van der Waals surface area contributed by atoms with Crippen LogP contribution in [0.4, 0.5) is 24.8 Å². The molecule has 0 fully saturated rings. The molecule has 0 atom stereocenters. The number of alkyl halides is 3. The average Bonchev–Trinajstić information content (AvgIpc) is 3.08. The number of halogens is 3. The average molecular weight is 392 g/mol. The van der Waals surface area contributed by atoms with Crippen molar-refractivity contribution in [1.82, 2.24) is 15.0 Å². The molecule has 3 aromatic rings. The molecule has 0 bridgehead atoms. The molecule has 0 aliphatic rings. The first-order valence-electron chi connectivity index (χ1n) is 7.79. The van der Waals surface area contributed by atoms with Crippen molar-refractivity contribution in [1.29, 1.82) is 0 Å². The molecule has 0 spiro atoms. The molecule has 0 unspecified atom stereocenters. The molecule has 1 aromatic carbocycles. The van der Waals surface area contributed by atoms with Gasteiger partial charge < -0.3 is 10.1 Å². The molecule has 5 nitrogen and oxygen atoms in total. The van der Waals surface area contributed by atoms with Crippen LogP contribution in [0.25, 0.3) is 16.5 Å². The zero-order valence-electron chi connectivity index (χ0n) is 14.4. The Morgan fingerprint density at radius 2 is 2.00 bits per heavy atom. The molecule has 140 valence electrons. The lowest BCUT2D eigenvalue weighted by Crippen LogP contribution is -2.10. The van der Waals surface area contributed by atoms with Crippen molar-refractivity contribution in [2.75, 3.05) is 12.4 Å². The molecular formula is C18H15F3N4OS. The number of nitrogens with zero attached hydrogens (tertiary/aromatic N) is 3. The summed E-state index contributed by atoms with van der Waals surface area (Å²) < 4.78 is 43.3. The molecular weight excluding hydrogens is 377 g/mol. The number of benzene rings is 1. The van der Waals surface area contributed by atoms with Gasteiger partial charge in [0, 0.05) is 24.2 Å². The normalized spacial score (nSPS) is 11.7. The van der Waals surface area contributed by atoms with Crippen LogP contribution in [-0.2, 0) is 10.9 Å². The van der Waals surface area contributed by atoms with Crippen molar-refractivity contribution in [2.24, 2.45) is 0 Å². The van der Waals surface area contributed by atoms with Crippen LogP contribution in [0.5, 0.6) is 0 Å². The summed E-state index contributed by atoms with van der Waals surface area (Å²) in [4.78, 5) is 12.6. The second-order valence-electron chi connectivity index (χ2n) is 5.58. The third-order valence-electron chi connectivity index (χ3n) is 3.43. The van der Waals surface area contributed by atoms with Gasteiger partial charge in [0.15, 0.2) is 0 Å². The summed E-state index contributed by atoms with van der Waals surface area (Å²) in [5.74, 6) is -0.116. The maximum absolute atomic E-state index is 12.8. The van der Waals surface area contributed by atoms with Crippen LogP contribution in [0.2, 0.25) is 0 Å². The highest BCUT2D eigenvalue weighted by molar-refractivity contribution is 7.15. The lowest BCUT2D eigenvalue weighted by molar-refractivity contribution is -0.141. The van der Waals surface area contributed by atoms with Gasteiger partial charge in [-0.1, -0.05) is 6.07 Å². The molecule has 2 aromatic heterocycles. The number of thiazole rings is 1. The summed E-state index contributed by atoms with van der Waals surface area (Å²) in [5.41, 5.74) is 1.42. The third-order valence-corrected chi connectivity index (χ3v) is 4.45. The highest BCUT2D eigenvalue weighted by Crippen LogP contribution is 2.31. The van der Waals surface area contributed by atoms with Crippen LogP contribution < -0.4 is 5.32 Å². The maximum atomic E-state index is 12.8. The van der Waals surface area contributed by atoms with Gasteiger partial charge in [-0.3, -0.25) is 0 Å². The van der Waals surface area contributed by atoms with Crippen molar-refractivity contribution >= 4 is 29.0 Å². The van der Waals surface area contributed by atoms with Crippen LogP contribution in [0, 0.1) is 6.92 Å². The minimum absolute atomic E-state index is 0.116. The van der Waals surface area contributed by atoms with Crippen molar-refractivity contribution in [3.63, 3.8) is 0 Å². The second kappa shape index (κ2) is 7.75. The van der Waals surface area contributed by atoms with E-state index in [2.05, 4.69) is 20.3 Å². The zero-order valence-corrected chi connectivity index (χ0v) is 15.2. The zero-order chi connectivity index (χ0) is 19.4. The molecule has 0 saturated heterocycles. The molecule has 2 heterocycles. The van der Waals surface area contributed by atoms with Crippen molar-refractivity contribution in [3.05, 3.63) is 59.2 Å². The fraction of sp³-hybridized carbons (Fsp3) is 0.167. The van der Waals surface area contributed by atoms with Gasteiger partial charge in [-0.25, -0.2) is 15.0 Å². The number of rotatable bonds is 5. The molecule has 0 radical (unpaired) electrons. The fourth-order valence-electron chi connectivity index (χ4n) is 2.33. The van der Waals surface area contributed by atoms with Crippen LogP contribution >= 0.6 is 11.3 Å². The van der Waals surface area contributed by atoms with Gasteiger partial charge in [-0.05, 0) is 36.2 Å². The summed E-state index contributed by atoms with van der Waals surface area (Å²) >= 11 is 1.47. The summed E-state index contributed by atoms with van der Waals surface area (Å²) in [6, 6.07) is 6.42. The number of nitrogens with one attached hydrogen (secondary N) is 1. The SMILES string of the molecule is CO/C=C\c1ncc(-c2cc(C)cc(Nc3nccc(C(F)(F)F)n3)c2)s1. The summed E-state index contributed by atoms with van der Waals surface area (Å²) in [7, 11) is 1.55. The van der Waals surface area contributed by atoms with E-state index in [1.54, 1.807) is 25.4 Å². The Morgan fingerprint density at radius 3 is 2.74 bits per heavy atom.